The number of benzene rings is 1. The molecule has 0 bridgehead atoms. The maximum atomic E-state index is 11.9. The van der Waals surface area contributed by atoms with E-state index in [4.69, 9.17) is 0 Å². The van der Waals surface area contributed by atoms with E-state index >= 15 is 0 Å². The summed E-state index contributed by atoms with van der Waals surface area (Å²) in [6.07, 6.45) is 6.15. The molecule has 0 aromatic heterocycles. The van der Waals surface area contributed by atoms with Gasteiger partial charge in [0.15, 0.2) is 0 Å². The molecule has 2 atom stereocenters. The van der Waals surface area contributed by atoms with Crippen LogP contribution in [0.2, 0.25) is 0 Å². The lowest BCUT2D eigenvalue weighted by Crippen LogP contribution is -2.58. The van der Waals surface area contributed by atoms with Gasteiger partial charge in [0, 0.05) is 32.2 Å². The minimum absolute atomic E-state index is 0.168. The van der Waals surface area contributed by atoms with Crippen LogP contribution in [-0.4, -0.2) is 54.2 Å². The predicted octanol–water partition coefficient (Wildman–Crippen LogP) is 3.09. The van der Waals surface area contributed by atoms with Crippen molar-refractivity contribution in [3.63, 3.8) is 0 Å². The number of likely N-dealkylation sites (N-methyl/N-ethyl adjacent to an activating group) is 1. The van der Waals surface area contributed by atoms with Gasteiger partial charge in [0.25, 0.3) is 0 Å². The van der Waals surface area contributed by atoms with Crippen molar-refractivity contribution >= 4 is 0 Å². The number of rotatable bonds is 4. The SMILES string of the molecule is C[C@@H](N1CCN(C)CC1)[C@@](O)(c1ccccc1)C1CCCCC1. The average Bonchev–Trinajstić information content (AvgIpc) is 2.62. The first-order valence-electron chi connectivity index (χ1n) is 9.33. The van der Waals surface area contributed by atoms with Crippen molar-refractivity contribution in [3.8, 4) is 0 Å². The third-order valence-corrected chi connectivity index (χ3v) is 6.19. The van der Waals surface area contributed by atoms with E-state index in [0.29, 0.717) is 5.92 Å². The molecular weight excluding hydrogens is 284 g/mol. The van der Waals surface area contributed by atoms with Crippen LogP contribution in [0.5, 0.6) is 0 Å². The second-order valence-electron chi connectivity index (χ2n) is 7.54. The second-order valence-corrected chi connectivity index (χ2v) is 7.54. The number of nitrogens with zero attached hydrogens (tertiary/aromatic N) is 2. The molecule has 128 valence electrons. The van der Waals surface area contributed by atoms with Gasteiger partial charge in [-0.15, -0.1) is 0 Å². The third kappa shape index (κ3) is 3.47. The van der Waals surface area contributed by atoms with Crippen molar-refractivity contribution < 1.29 is 5.11 Å². The van der Waals surface area contributed by atoms with Crippen molar-refractivity contribution in [2.24, 2.45) is 5.92 Å². The molecule has 3 nitrogen and oxygen atoms in total. The van der Waals surface area contributed by atoms with Gasteiger partial charge in [-0.1, -0.05) is 49.6 Å². The Hall–Kier alpha value is -0.900. The average molecular weight is 316 g/mol. The largest absolute Gasteiger partial charge is 0.383 e. The van der Waals surface area contributed by atoms with Crippen LogP contribution >= 0.6 is 0 Å². The second kappa shape index (κ2) is 7.33. The fourth-order valence-corrected chi connectivity index (χ4v) is 4.55. The Labute approximate surface area is 141 Å². The summed E-state index contributed by atoms with van der Waals surface area (Å²) in [4.78, 5) is 4.88. The van der Waals surface area contributed by atoms with Crippen LogP contribution in [0.3, 0.4) is 0 Å². The normalized spacial score (nSPS) is 25.9. The fourth-order valence-electron chi connectivity index (χ4n) is 4.55. The zero-order valence-electron chi connectivity index (χ0n) is 14.7. The Morgan fingerprint density at radius 1 is 1.00 bits per heavy atom. The zero-order chi connectivity index (χ0) is 16.3. The van der Waals surface area contributed by atoms with Crippen LogP contribution in [0.15, 0.2) is 30.3 Å². The molecule has 1 aliphatic carbocycles. The van der Waals surface area contributed by atoms with Gasteiger partial charge in [0.05, 0.1) is 0 Å². The summed E-state index contributed by atoms with van der Waals surface area (Å²) in [6, 6.07) is 10.6. The van der Waals surface area contributed by atoms with Crippen molar-refractivity contribution in [2.75, 3.05) is 33.2 Å². The standard InChI is InChI=1S/C20H32N2O/c1-17(22-15-13-21(2)14-16-22)20(23,18-9-5-3-6-10-18)19-11-7-4-8-12-19/h3,5-6,9-10,17,19,23H,4,7-8,11-16H2,1-2H3/t17-,20-/m1/s1. The van der Waals surface area contributed by atoms with Gasteiger partial charge in [-0.25, -0.2) is 0 Å². The maximum absolute atomic E-state index is 11.9. The van der Waals surface area contributed by atoms with E-state index < -0.39 is 5.60 Å². The summed E-state index contributed by atoms with van der Waals surface area (Å²) in [5.74, 6) is 0.383. The molecule has 1 heterocycles. The number of aliphatic hydroxyl groups is 1. The monoisotopic (exact) mass is 316 g/mol. The summed E-state index contributed by atoms with van der Waals surface area (Å²) in [7, 11) is 2.19. The molecule has 1 saturated carbocycles. The first kappa shape index (κ1) is 16.9. The topological polar surface area (TPSA) is 26.7 Å². The highest BCUT2D eigenvalue weighted by Crippen LogP contribution is 2.43. The van der Waals surface area contributed by atoms with Crippen LogP contribution in [0.25, 0.3) is 0 Å². The maximum Gasteiger partial charge on any atom is 0.108 e. The third-order valence-electron chi connectivity index (χ3n) is 6.19. The van der Waals surface area contributed by atoms with Crippen LogP contribution < -0.4 is 0 Å². The van der Waals surface area contributed by atoms with E-state index in [1.165, 1.54) is 19.3 Å². The first-order chi connectivity index (χ1) is 11.1. The smallest absolute Gasteiger partial charge is 0.108 e. The fraction of sp³-hybridized carbons (Fsp3) is 0.700. The van der Waals surface area contributed by atoms with Crippen LogP contribution in [0.4, 0.5) is 0 Å². The molecule has 2 fully saturated rings. The highest BCUT2D eigenvalue weighted by atomic mass is 16.3. The van der Waals surface area contributed by atoms with Crippen LogP contribution in [0.1, 0.15) is 44.6 Å². The van der Waals surface area contributed by atoms with Crippen molar-refractivity contribution in [1.82, 2.24) is 9.80 Å². The van der Waals surface area contributed by atoms with Gasteiger partial charge in [-0.3, -0.25) is 4.90 Å². The van der Waals surface area contributed by atoms with E-state index in [9.17, 15) is 5.11 Å². The lowest BCUT2D eigenvalue weighted by molar-refractivity contribution is -0.107. The molecule has 0 spiro atoms. The summed E-state index contributed by atoms with van der Waals surface area (Å²) in [5, 5.41) is 11.9. The van der Waals surface area contributed by atoms with Gasteiger partial charge in [-0.2, -0.15) is 0 Å². The van der Waals surface area contributed by atoms with E-state index in [1.807, 2.05) is 6.07 Å². The van der Waals surface area contributed by atoms with Gasteiger partial charge in [0.2, 0.25) is 0 Å². The molecule has 3 rings (SSSR count). The summed E-state index contributed by atoms with van der Waals surface area (Å²) in [5.41, 5.74) is 0.385. The van der Waals surface area contributed by atoms with E-state index in [1.54, 1.807) is 0 Å². The van der Waals surface area contributed by atoms with Gasteiger partial charge in [-0.05, 0) is 38.3 Å². The molecule has 1 N–H and O–H groups in total. The molecule has 0 radical (unpaired) electrons. The number of piperazine rings is 1. The van der Waals surface area contributed by atoms with Gasteiger partial charge < -0.3 is 10.0 Å². The molecule has 3 heteroatoms. The molecule has 0 amide bonds. The minimum Gasteiger partial charge on any atom is -0.383 e. The highest BCUT2D eigenvalue weighted by Gasteiger charge is 2.45. The molecule has 1 aliphatic heterocycles. The Kier molecular flexibility index (Phi) is 5.40. The molecule has 1 aromatic carbocycles. The molecular formula is C20H32N2O. The van der Waals surface area contributed by atoms with Crippen molar-refractivity contribution in [2.45, 2.75) is 50.7 Å². The van der Waals surface area contributed by atoms with Gasteiger partial charge >= 0.3 is 0 Å². The Morgan fingerprint density at radius 2 is 1.61 bits per heavy atom. The Balaban J connectivity index is 1.88. The van der Waals surface area contributed by atoms with Crippen molar-refractivity contribution in [1.29, 1.82) is 0 Å². The van der Waals surface area contributed by atoms with Crippen molar-refractivity contribution in [3.05, 3.63) is 35.9 Å². The lowest BCUT2D eigenvalue weighted by Gasteiger charge is -2.49. The van der Waals surface area contributed by atoms with E-state index in [-0.39, 0.29) is 6.04 Å². The molecule has 0 unspecified atom stereocenters. The summed E-state index contributed by atoms with van der Waals surface area (Å²) >= 11 is 0. The summed E-state index contributed by atoms with van der Waals surface area (Å²) in [6.45, 7) is 6.55. The highest BCUT2D eigenvalue weighted by molar-refractivity contribution is 5.26. The number of hydrogen-bond acceptors (Lipinski definition) is 3. The van der Waals surface area contributed by atoms with Crippen LogP contribution in [-0.2, 0) is 5.60 Å². The molecule has 1 aromatic rings. The quantitative estimate of drug-likeness (QED) is 0.925. The molecule has 23 heavy (non-hydrogen) atoms. The lowest BCUT2D eigenvalue weighted by atomic mass is 9.69. The molecule has 1 saturated heterocycles. The minimum atomic E-state index is -0.725. The summed E-state index contributed by atoms with van der Waals surface area (Å²) < 4.78 is 0. The van der Waals surface area contributed by atoms with E-state index in [2.05, 4.69) is 48.0 Å². The first-order valence-corrected chi connectivity index (χ1v) is 9.33. The Bertz CT molecular complexity index is 478. The zero-order valence-corrected chi connectivity index (χ0v) is 14.7. The molecule has 2 aliphatic rings. The van der Waals surface area contributed by atoms with Crippen LogP contribution in [0, 0.1) is 5.92 Å². The van der Waals surface area contributed by atoms with Gasteiger partial charge in [0.1, 0.15) is 5.60 Å². The van der Waals surface area contributed by atoms with E-state index in [0.717, 1.165) is 44.6 Å². The number of hydrogen-bond donors (Lipinski definition) is 1. The Morgan fingerprint density at radius 3 is 2.22 bits per heavy atom. The predicted molar refractivity (Wildman–Crippen MR) is 95.4 cm³/mol.